The van der Waals surface area contributed by atoms with Crippen molar-refractivity contribution in [1.82, 2.24) is 9.80 Å². The number of hydrogen-bond acceptors (Lipinski definition) is 3. The molecule has 18 heavy (non-hydrogen) atoms. The van der Waals surface area contributed by atoms with Gasteiger partial charge in [0.15, 0.2) is 0 Å². The molecule has 98 valence electrons. The normalized spacial score (nSPS) is 10.0. The highest BCUT2D eigenvalue weighted by molar-refractivity contribution is 6.34. The van der Waals surface area contributed by atoms with Crippen LogP contribution in [0.15, 0.2) is 18.2 Å². The van der Waals surface area contributed by atoms with Crippen molar-refractivity contribution >= 4 is 29.1 Å². The van der Waals surface area contributed by atoms with Crippen molar-refractivity contribution in [3.8, 4) is 0 Å². The highest BCUT2D eigenvalue weighted by Gasteiger charge is 2.18. The molecule has 0 atom stereocenters. The maximum absolute atomic E-state index is 12.1. The lowest BCUT2D eigenvalue weighted by Gasteiger charge is -2.19. The zero-order valence-corrected chi connectivity index (χ0v) is 11.4. The summed E-state index contributed by atoms with van der Waals surface area (Å²) in [5.74, 6) is -0.465. The quantitative estimate of drug-likeness (QED) is 0.835. The van der Waals surface area contributed by atoms with E-state index in [2.05, 4.69) is 0 Å². The number of nitrogens with two attached hydrogens (primary N) is 1. The van der Waals surface area contributed by atoms with Gasteiger partial charge < -0.3 is 15.5 Å². The van der Waals surface area contributed by atoms with Crippen LogP contribution in [0.25, 0.3) is 0 Å². The van der Waals surface area contributed by atoms with E-state index in [1.165, 1.54) is 15.9 Å². The Bertz CT molecular complexity index is 474. The Balaban J connectivity index is 2.84. The Morgan fingerprint density at radius 2 is 1.89 bits per heavy atom. The fourth-order valence-corrected chi connectivity index (χ4v) is 1.60. The van der Waals surface area contributed by atoms with Crippen molar-refractivity contribution in [3.05, 3.63) is 28.8 Å². The summed E-state index contributed by atoms with van der Waals surface area (Å²) >= 11 is 5.94. The van der Waals surface area contributed by atoms with Crippen molar-refractivity contribution in [2.24, 2.45) is 0 Å². The minimum absolute atomic E-state index is 0.00649. The number of halogens is 1. The molecule has 2 N–H and O–H groups in total. The van der Waals surface area contributed by atoms with Crippen LogP contribution in [0, 0.1) is 0 Å². The van der Waals surface area contributed by atoms with Crippen LogP contribution in [0.2, 0.25) is 5.02 Å². The minimum Gasteiger partial charge on any atom is -0.399 e. The van der Waals surface area contributed by atoms with Crippen LogP contribution in [0.5, 0.6) is 0 Å². The van der Waals surface area contributed by atoms with Crippen LogP contribution in [0.3, 0.4) is 0 Å². The van der Waals surface area contributed by atoms with E-state index >= 15 is 0 Å². The SMILES string of the molecule is CN(C)C(=O)CN(C)C(=O)c1ccc(N)cc1Cl. The van der Waals surface area contributed by atoms with Gasteiger partial charge in [0.05, 0.1) is 17.1 Å². The zero-order chi connectivity index (χ0) is 13.9. The van der Waals surface area contributed by atoms with Gasteiger partial charge in [-0.1, -0.05) is 11.6 Å². The molecule has 1 aromatic rings. The summed E-state index contributed by atoms with van der Waals surface area (Å²) in [7, 11) is 4.82. The van der Waals surface area contributed by atoms with E-state index in [0.717, 1.165) is 0 Å². The van der Waals surface area contributed by atoms with Gasteiger partial charge in [-0.3, -0.25) is 9.59 Å². The van der Waals surface area contributed by atoms with E-state index in [9.17, 15) is 9.59 Å². The summed E-state index contributed by atoms with van der Waals surface area (Å²) in [6.45, 7) is 0.00649. The largest absolute Gasteiger partial charge is 0.399 e. The summed E-state index contributed by atoms with van der Waals surface area (Å²) in [5, 5.41) is 0.282. The van der Waals surface area contributed by atoms with Gasteiger partial charge >= 0.3 is 0 Å². The van der Waals surface area contributed by atoms with Crippen LogP contribution in [-0.2, 0) is 4.79 Å². The van der Waals surface area contributed by atoms with E-state index in [4.69, 9.17) is 17.3 Å². The molecule has 6 heteroatoms. The third-order valence-corrected chi connectivity index (χ3v) is 2.75. The molecule has 0 aliphatic heterocycles. The molecule has 0 fully saturated rings. The lowest BCUT2D eigenvalue weighted by molar-refractivity contribution is -0.129. The first kappa shape index (κ1) is 14.3. The second-order valence-corrected chi connectivity index (χ2v) is 4.60. The van der Waals surface area contributed by atoms with Gasteiger partial charge in [0, 0.05) is 26.8 Å². The van der Waals surface area contributed by atoms with E-state index in [1.54, 1.807) is 33.3 Å². The molecule has 0 unspecified atom stereocenters. The minimum atomic E-state index is -0.310. The maximum atomic E-state index is 12.1. The molecule has 1 rings (SSSR count). The molecule has 0 spiro atoms. The predicted octanol–water partition coefficient (Wildman–Crippen LogP) is 1.08. The first-order chi connectivity index (χ1) is 8.32. The highest BCUT2D eigenvalue weighted by atomic mass is 35.5. The number of amides is 2. The Labute approximate surface area is 111 Å². The third-order valence-electron chi connectivity index (χ3n) is 2.44. The zero-order valence-electron chi connectivity index (χ0n) is 10.6. The van der Waals surface area contributed by atoms with Gasteiger partial charge in [0.2, 0.25) is 5.91 Å². The van der Waals surface area contributed by atoms with E-state index in [0.29, 0.717) is 11.3 Å². The van der Waals surface area contributed by atoms with Crippen molar-refractivity contribution in [3.63, 3.8) is 0 Å². The Morgan fingerprint density at radius 3 is 2.39 bits per heavy atom. The molecule has 2 amide bonds. The van der Waals surface area contributed by atoms with Crippen molar-refractivity contribution in [2.45, 2.75) is 0 Å². The Kier molecular flexibility index (Phi) is 4.55. The molecule has 0 saturated heterocycles. The van der Waals surface area contributed by atoms with E-state index < -0.39 is 0 Å². The van der Waals surface area contributed by atoms with Crippen LogP contribution in [-0.4, -0.2) is 49.3 Å². The van der Waals surface area contributed by atoms with E-state index in [-0.39, 0.29) is 23.4 Å². The second-order valence-electron chi connectivity index (χ2n) is 4.19. The Hall–Kier alpha value is -1.75. The van der Waals surface area contributed by atoms with Gasteiger partial charge in [-0.25, -0.2) is 0 Å². The first-order valence-corrected chi connectivity index (χ1v) is 5.71. The summed E-state index contributed by atoms with van der Waals surface area (Å²) < 4.78 is 0. The molecule has 0 aromatic heterocycles. The monoisotopic (exact) mass is 269 g/mol. The Morgan fingerprint density at radius 1 is 1.28 bits per heavy atom. The van der Waals surface area contributed by atoms with Gasteiger partial charge in [-0.15, -0.1) is 0 Å². The fourth-order valence-electron chi connectivity index (χ4n) is 1.33. The summed E-state index contributed by atoms with van der Waals surface area (Å²) in [5.41, 5.74) is 6.38. The van der Waals surface area contributed by atoms with Crippen molar-refractivity contribution < 1.29 is 9.59 Å². The molecule has 1 aromatic carbocycles. The standard InChI is InChI=1S/C12H16ClN3O2/c1-15(2)11(17)7-16(3)12(18)9-5-4-8(14)6-10(9)13/h4-6H,7,14H2,1-3H3. The number of nitrogen functional groups attached to an aromatic ring is 1. The van der Waals surface area contributed by atoms with Gasteiger partial charge in [-0.05, 0) is 18.2 Å². The number of likely N-dealkylation sites (N-methyl/N-ethyl adjacent to an activating group) is 2. The smallest absolute Gasteiger partial charge is 0.255 e. The number of nitrogens with zero attached hydrogens (tertiary/aromatic N) is 2. The number of hydrogen-bond donors (Lipinski definition) is 1. The summed E-state index contributed by atoms with van der Waals surface area (Å²) in [6, 6.07) is 4.66. The van der Waals surface area contributed by atoms with Crippen LogP contribution >= 0.6 is 11.6 Å². The van der Waals surface area contributed by atoms with Gasteiger partial charge in [-0.2, -0.15) is 0 Å². The number of rotatable bonds is 3. The summed E-state index contributed by atoms with van der Waals surface area (Å²) in [6.07, 6.45) is 0. The number of carbonyl (C=O) groups is 2. The molecule has 0 radical (unpaired) electrons. The first-order valence-electron chi connectivity index (χ1n) is 5.33. The predicted molar refractivity (Wildman–Crippen MR) is 71.5 cm³/mol. The van der Waals surface area contributed by atoms with Gasteiger partial charge in [0.25, 0.3) is 5.91 Å². The van der Waals surface area contributed by atoms with Crippen LogP contribution in [0.4, 0.5) is 5.69 Å². The molecule has 0 aliphatic rings. The third kappa shape index (κ3) is 3.37. The van der Waals surface area contributed by atoms with Crippen molar-refractivity contribution in [1.29, 1.82) is 0 Å². The number of anilines is 1. The highest BCUT2D eigenvalue weighted by Crippen LogP contribution is 2.20. The number of carbonyl (C=O) groups excluding carboxylic acids is 2. The molecular weight excluding hydrogens is 254 g/mol. The molecule has 5 nitrogen and oxygen atoms in total. The fraction of sp³-hybridized carbons (Fsp3) is 0.333. The average Bonchev–Trinajstić information content (AvgIpc) is 2.27. The second kappa shape index (κ2) is 5.73. The van der Waals surface area contributed by atoms with E-state index in [1.807, 2.05) is 0 Å². The molecule has 0 heterocycles. The van der Waals surface area contributed by atoms with Crippen LogP contribution in [0.1, 0.15) is 10.4 Å². The maximum Gasteiger partial charge on any atom is 0.255 e. The lowest BCUT2D eigenvalue weighted by Crippen LogP contribution is -2.37. The molecule has 0 bridgehead atoms. The molecule has 0 saturated carbocycles. The number of benzene rings is 1. The lowest BCUT2D eigenvalue weighted by atomic mass is 10.2. The van der Waals surface area contributed by atoms with Crippen LogP contribution < -0.4 is 5.73 Å². The topological polar surface area (TPSA) is 66.6 Å². The van der Waals surface area contributed by atoms with Gasteiger partial charge in [0.1, 0.15) is 0 Å². The molecular formula is C12H16ClN3O2. The van der Waals surface area contributed by atoms with Crippen molar-refractivity contribution in [2.75, 3.05) is 33.4 Å². The average molecular weight is 270 g/mol. The summed E-state index contributed by atoms with van der Waals surface area (Å²) in [4.78, 5) is 26.3. The molecule has 0 aliphatic carbocycles.